The number of nitrogens with zero attached hydrogens (tertiary/aromatic N) is 4. The summed E-state index contributed by atoms with van der Waals surface area (Å²) in [7, 11) is 0. The SMILES string of the molecule is O=C(CC1CC1)NCc1cn2c(n1)CN(Cc1ccccn1)CC2.O=C(O)C(F)(F)F.O=C(O)C(F)(F)F. The summed E-state index contributed by atoms with van der Waals surface area (Å²) in [5.74, 6) is -3.66. The molecule has 0 bridgehead atoms. The fraction of sp³-hybridized carbons (Fsp3) is 0.500. The highest BCUT2D eigenvalue weighted by Crippen LogP contribution is 2.32. The standard InChI is InChI=1S/C18H23N5O.2C2HF3O2/c24-18(9-14-4-5-14)20-10-16-12-23-8-7-22(13-17(23)21-16)11-15-3-1-2-6-19-15;2*3-2(4,5)1(6)7/h1-3,6,12,14H,4-5,7-11,13H2,(H,20,24);2*(H,6,7). The molecule has 2 aliphatic rings. The van der Waals surface area contributed by atoms with E-state index in [9.17, 15) is 31.1 Å². The molecule has 38 heavy (non-hydrogen) atoms. The predicted molar refractivity (Wildman–Crippen MR) is 117 cm³/mol. The number of aromatic nitrogens is 3. The lowest BCUT2D eigenvalue weighted by Crippen LogP contribution is -2.33. The third-order valence-corrected chi connectivity index (χ3v) is 5.17. The maximum Gasteiger partial charge on any atom is 0.490 e. The first-order chi connectivity index (χ1) is 17.6. The van der Waals surface area contributed by atoms with Crippen molar-refractivity contribution in [2.75, 3.05) is 6.54 Å². The van der Waals surface area contributed by atoms with E-state index >= 15 is 0 Å². The Morgan fingerprint density at radius 1 is 0.974 bits per heavy atom. The Labute approximate surface area is 212 Å². The minimum atomic E-state index is -5.08. The largest absolute Gasteiger partial charge is 0.490 e. The molecular weight excluding hydrogens is 528 g/mol. The van der Waals surface area contributed by atoms with E-state index < -0.39 is 24.3 Å². The normalized spacial score (nSPS) is 15.2. The van der Waals surface area contributed by atoms with Gasteiger partial charge in [-0.3, -0.25) is 14.7 Å². The van der Waals surface area contributed by atoms with Gasteiger partial charge in [-0.25, -0.2) is 14.6 Å². The van der Waals surface area contributed by atoms with Crippen LogP contribution in [-0.2, 0) is 40.6 Å². The minimum Gasteiger partial charge on any atom is -0.475 e. The third-order valence-electron chi connectivity index (χ3n) is 5.17. The number of carboxylic acids is 2. The van der Waals surface area contributed by atoms with E-state index in [1.807, 2.05) is 18.3 Å². The summed E-state index contributed by atoms with van der Waals surface area (Å²) >= 11 is 0. The number of imidazole rings is 1. The van der Waals surface area contributed by atoms with E-state index in [4.69, 9.17) is 24.8 Å². The summed E-state index contributed by atoms with van der Waals surface area (Å²) in [5, 5.41) is 17.2. The number of hydrogen-bond donors (Lipinski definition) is 3. The van der Waals surface area contributed by atoms with Crippen LogP contribution in [-0.4, -0.2) is 66.4 Å². The van der Waals surface area contributed by atoms with E-state index in [2.05, 4.69) is 32.0 Å². The van der Waals surface area contributed by atoms with Gasteiger partial charge < -0.3 is 20.1 Å². The lowest BCUT2D eigenvalue weighted by atomic mass is 10.3. The van der Waals surface area contributed by atoms with Gasteiger partial charge in [0.15, 0.2) is 0 Å². The summed E-state index contributed by atoms with van der Waals surface area (Å²) < 4.78 is 65.7. The molecule has 16 heteroatoms. The Bertz CT molecular complexity index is 1060. The van der Waals surface area contributed by atoms with Crippen molar-refractivity contribution in [2.24, 2.45) is 5.92 Å². The second kappa shape index (κ2) is 13.2. The summed E-state index contributed by atoms with van der Waals surface area (Å²) in [5.41, 5.74) is 2.04. The van der Waals surface area contributed by atoms with E-state index in [1.165, 1.54) is 12.8 Å². The van der Waals surface area contributed by atoms with Gasteiger partial charge in [-0.15, -0.1) is 0 Å². The number of aliphatic carboxylic acids is 2. The Morgan fingerprint density at radius 3 is 2.08 bits per heavy atom. The van der Waals surface area contributed by atoms with E-state index in [1.54, 1.807) is 0 Å². The van der Waals surface area contributed by atoms with Crippen molar-refractivity contribution in [3.8, 4) is 0 Å². The fourth-order valence-corrected chi connectivity index (χ4v) is 3.15. The van der Waals surface area contributed by atoms with Crippen molar-refractivity contribution in [2.45, 2.75) is 57.8 Å². The molecule has 0 unspecified atom stereocenters. The van der Waals surface area contributed by atoms with E-state index in [0.717, 1.165) is 43.4 Å². The minimum absolute atomic E-state index is 0.153. The molecule has 1 amide bonds. The molecule has 210 valence electrons. The number of pyridine rings is 1. The molecule has 0 radical (unpaired) electrons. The first-order valence-electron chi connectivity index (χ1n) is 11.2. The Morgan fingerprint density at radius 2 is 1.58 bits per heavy atom. The zero-order valence-electron chi connectivity index (χ0n) is 19.8. The molecule has 1 fully saturated rings. The van der Waals surface area contributed by atoms with Gasteiger partial charge in [0.1, 0.15) is 5.82 Å². The number of amides is 1. The van der Waals surface area contributed by atoms with Gasteiger partial charge in [-0.05, 0) is 30.9 Å². The number of fused-ring (bicyclic) bond motifs is 1. The van der Waals surface area contributed by atoms with Crippen LogP contribution in [0.15, 0.2) is 30.6 Å². The van der Waals surface area contributed by atoms with Crippen molar-refractivity contribution in [3.63, 3.8) is 0 Å². The molecule has 3 N–H and O–H groups in total. The predicted octanol–water partition coefficient (Wildman–Crippen LogP) is 2.98. The summed E-state index contributed by atoms with van der Waals surface area (Å²) in [6.07, 6.45) is -3.17. The average molecular weight is 553 g/mol. The monoisotopic (exact) mass is 553 g/mol. The van der Waals surface area contributed by atoms with Gasteiger partial charge in [0.25, 0.3) is 0 Å². The quantitative estimate of drug-likeness (QED) is 0.465. The second-order valence-corrected chi connectivity index (χ2v) is 8.40. The zero-order chi connectivity index (χ0) is 28.5. The van der Waals surface area contributed by atoms with Crippen molar-refractivity contribution in [1.29, 1.82) is 0 Å². The Balaban J connectivity index is 0.000000301. The van der Waals surface area contributed by atoms with E-state index in [-0.39, 0.29) is 5.91 Å². The number of hydrogen-bond acceptors (Lipinski definition) is 6. The highest BCUT2D eigenvalue weighted by molar-refractivity contribution is 5.76. The van der Waals surface area contributed by atoms with Gasteiger partial charge in [0.2, 0.25) is 5.91 Å². The maximum atomic E-state index is 11.8. The van der Waals surface area contributed by atoms with Crippen LogP contribution in [0, 0.1) is 5.92 Å². The topological polar surface area (TPSA) is 138 Å². The first kappa shape index (κ1) is 30.5. The lowest BCUT2D eigenvalue weighted by molar-refractivity contribution is -0.193. The van der Waals surface area contributed by atoms with Gasteiger partial charge in [-0.1, -0.05) is 6.07 Å². The molecule has 10 nitrogen and oxygen atoms in total. The van der Waals surface area contributed by atoms with Crippen LogP contribution >= 0.6 is 0 Å². The number of halogens is 6. The molecule has 0 saturated heterocycles. The Hall–Kier alpha value is -3.69. The van der Waals surface area contributed by atoms with Crippen LogP contribution in [0.4, 0.5) is 26.3 Å². The molecule has 4 rings (SSSR count). The number of alkyl halides is 6. The number of nitrogens with one attached hydrogen (secondary N) is 1. The number of carbonyl (C=O) groups is 3. The van der Waals surface area contributed by atoms with Gasteiger partial charge in [-0.2, -0.15) is 26.3 Å². The van der Waals surface area contributed by atoms with Crippen LogP contribution in [0.2, 0.25) is 0 Å². The summed E-state index contributed by atoms with van der Waals surface area (Å²) in [4.78, 5) is 41.0. The first-order valence-corrected chi connectivity index (χ1v) is 11.2. The molecule has 2 aromatic heterocycles. The van der Waals surface area contributed by atoms with Gasteiger partial charge in [0.05, 0.1) is 24.5 Å². The van der Waals surface area contributed by atoms with Gasteiger partial charge in [0, 0.05) is 38.4 Å². The highest BCUT2D eigenvalue weighted by Gasteiger charge is 2.38. The molecule has 0 spiro atoms. The second-order valence-electron chi connectivity index (χ2n) is 8.40. The average Bonchev–Trinajstić information content (AvgIpc) is 3.54. The molecule has 2 aromatic rings. The highest BCUT2D eigenvalue weighted by atomic mass is 19.4. The third kappa shape index (κ3) is 11.1. The van der Waals surface area contributed by atoms with Crippen LogP contribution < -0.4 is 5.32 Å². The number of carbonyl (C=O) groups excluding carboxylic acids is 1. The van der Waals surface area contributed by atoms with Crippen LogP contribution in [0.5, 0.6) is 0 Å². The van der Waals surface area contributed by atoms with Crippen LogP contribution in [0.1, 0.15) is 36.5 Å². The van der Waals surface area contributed by atoms with Crippen molar-refractivity contribution >= 4 is 17.8 Å². The number of carboxylic acid groups (broad SMARTS) is 2. The number of rotatable bonds is 6. The fourth-order valence-electron chi connectivity index (χ4n) is 3.15. The molecule has 0 atom stereocenters. The zero-order valence-corrected chi connectivity index (χ0v) is 19.8. The molecule has 0 aromatic carbocycles. The van der Waals surface area contributed by atoms with Crippen molar-refractivity contribution in [1.82, 2.24) is 24.8 Å². The van der Waals surface area contributed by atoms with Crippen LogP contribution in [0.3, 0.4) is 0 Å². The summed E-state index contributed by atoms with van der Waals surface area (Å²) in [6, 6.07) is 6.02. The molecule has 1 aliphatic heterocycles. The molecule has 3 heterocycles. The van der Waals surface area contributed by atoms with E-state index in [0.29, 0.717) is 18.9 Å². The Kier molecular flexibility index (Phi) is 10.6. The van der Waals surface area contributed by atoms with Crippen molar-refractivity contribution < 1.29 is 50.9 Å². The maximum absolute atomic E-state index is 11.8. The van der Waals surface area contributed by atoms with Crippen LogP contribution in [0.25, 0.3) is 0 Å². The summed E-state index contributed by atoms with van der Waals surface area (Å²) in [6.45, 7) is 4.14. The van der Waals surface area contributed by atoms with Gasteiger partial charge >= 0.3 is 24.3 Å². The van der Waals surface area contributed by atoms with Crippen molar-refractivity contribution in [3.05, 3.63) is 47.8 Å². The lowest BCUT2D eigenvalue weighted by Gasteiger charge is -2.27. The molecule has 1 aliphatic carbocycles. The molecular formula is C22H25F6N5O5. The molecule has 1 saturated carbocycles. The smallest absolute Gasteiger partial charge is 0.475 e.